The van der Waals surface area contributed by atoms with E-state index < -0.39 is 5.60 Å². The van der Waals surface area contributed by atoms with Crippen molar-refractivity contribution in [3.63, 3.8) is 0 Å². The Balaban J connectivity index is 1.62. The van der Waals surface area contributed by atoms with E-state index in [9.17, 15) is 9.90 Å². The Morgan fingerprint density at radius 3 is 2.25 bits per heavy atom. The van der Waals surface area contributed by atoms with Gasteiger partial charge in [0.2, 0.25) is 0 Å². The fraction of sp³-hybridized carbons (Fsp3) is 0.906. The van der Waals surface area contributed by atoms with Gasteiger partial charge in [0.05, 0.1) is 23.9 Å². The molecule has 0 spiro atoms. The topological polar surface area (TPSA) is 55.8 Å². The Bertz CT molecular complexity index is 859. The molecule has 3 saturated carbocycles. The van der Waals surface area contributed by atoms with E-state index in [1.54, 1.807) is 0 Å². The average Bonchev–Trinajstić information content (AvgIpc) is 3.35. The summed E-state index contributed by atoms with van der Waals surface area (Å²) in [6, 6.07) is 0. The zero-order valence-corrected chi connectivity index (χ0v) is 24.5. The third kappa shape index (κ3) is 4.31. The van der Waals surface area contributed by atoms with Crippen molar-refractivity contribution in [3.05, 3.63) is 12.2 Å². The second kappa shape index (κ2) is 9.40. The van der Waals surface area contributed by atoms with Gasteiger partial charge in [-0.15, -0.1) is 0 Å². The maximum absolute atomic E-state index is 12.4. The summed E-state index contributed by atoms with van der Waals surface area (Å²) in [4.78, 5) is 12.4. The van der Waals surface area contributed by atoms with Crippen LogP contribution in [-0.4, -0.2) is 35.0 Å². The molecular weight excluding hydrogens is 448 g/mol. The summed E-state index contributed by atoms with van der Waals surface area (Å²) in [6.07, 6.45) is 10.7. The maximum atomic E-state index is 12.4. The van der Waals surface area contributed by atoms with Crippen molar-refractivity contribution in [3.8, 4) is 0 Å². The first-order chi connectivity index (χ1) is 16.6. The number of aliphatic hydroxyl groups is 1. The standard InChI is InChI=1S/C32H54O4/c1-10-35-27(33)16-17-29(6)22(21(2)3)13-19-31(8)25(29)12-11-23-24(14-18-30(23,31)7)32(9)20-15-26(36-32)28(4,5)34/h22-26,34H,2,10-20H2,1,3-9H3/t22-,23+,24-,25+,26-,29-,30+,31+,32-/m0/s1. The van der Waals surface area contributed by atoms with Gasteiger partial charge in [0.15, 0.2) is 0 Å². The van der Waals surface area contributed by atoms with Gasteiger partial charge < -0.3 is 14.6 Å². The van der Waals surface area contributed by atoms with Crippen LogP contribution in [0.25, 0.3) is 0 Å². The van der Waals surface area contributed by atoms with Crippen molar-refractivity contribution in [1.29, 1.82) is 0 Å². The summed E-state index contributed by atoms with van der Waals surface area (Å²) < 4.78 is 12.1. The Morgan fingerprint density at radius 1 is 1.00 bits per heavy atom. The van der Waals surface area contributed by atoms with Crippen LogP contribution in [0.2, 0.25) is 0 Å². The molecule has 0 aromatic carbocycles. The van der Waals surface area contributed by atoms with Crippen LogP contribution in [0.15, 0.2) is 12.2 Å². The first-order valence-corrected chi connectivity index (χ1v) is 14.8. The molecule has 1 saturated heterocycles. The van der Waals surface area contributed by atoms with Gasteiger partial charge >= 0.3 is 5.97 Å². The van der Waals surface area contributed by atoms with Gasteiger partial charge in [0, 0.05) is 6.42 Å². The minimum Gasteiger partial charge on any atom is -0.466 e. The first kappa shape index (κ1) is 28.1. The fourth-order valence-corrected chi connectivity index (χ4v) is 10.2. The molecule has 0 bridgehead atoms. The smallest absolute Gasteiger partial charge is 0.305 e. The number of carbonyl (C=O) groups excluding carboxylic acids is 1. The largest absolute Gasteiger partial charge is 0.466 e. The maximum Gasteiger partial charge on any atom is 0.305 e. The minimum atomic E-state index is -0.787. The zero-order valence-electron chi connectivity index (χ0n) is 24.5. The SMILES string of the molecule is C=C(C)[C@@H]1CC[C@]2(C)[C@H](CC[C@@H]3[C@@H]([C@]4(C)CC[C@@H](C(C)(C)O)O4)CC[C@]32C)[C@@]1(C)CCC(=O)OCC. The van der Waals surface area contributed by atoms with Gasteiger partial charge in [-0.2, -0.15) is 0 Å². The lowest BCUT2D eigenvalue weighted by atomic mass is 9.38. The molecule has 1 N–H and O–H groups in total. The number of hydrogen-bond acceptors (Lipinski definition) is 4. The second-order valence-corrected chi connectivity index (χ2v) is 14.6. The normalized spacial score (nSPS) is 46.8. The molecule has 0 unspecified atom stereocenters. The molecule has 4 aliphatic rings. The number of carbonyl (C=O) groups is 1. The number of hydrogen-bond donors (Lipinski definition) is 1. The Morgan fingerprint density at radius 2 is 1.67 bits per heavy atom. The van der Waals surface area contributed by atoms with Gasteiger partial charge in [0.1, 0.15) is 0 Å². The molecule has 1 heterocycles. The molecule has 206 valence electrons. The molecule has 4 rings (SSSR count). The molecule has 3 aliphatic carbocycles. The van der Waals surface area contributed by atoms with Crippen LogP contribution in [-0.2, 0) is 14.3 Å². The van der Waals surface area contributed by atoms with E-state index >= 15 is 0 Å². The summed E-state index contributed by atoms with van der Waals surface area (Å²) in [5.74, 6) is 2.19. The van der Waals surface area contributed by atoms with E-state index in [0.717, 1.165) is 19.3 Å². The van der Waals surface area contributed by atoms with Crippen LogP contribution in [0.1, 0.15) is 120 Å². The van der Waals surface area contributed by atoms with E-state index in [-0.39, 0.29) is 33.9 Å². The van der Waals surface area contributed by atoms with Gasteiger partial charge in [-0.25, -0.2) is 0 Å². The highest BCUT2D eigenvalue weighted by Gasteiger charge is 2.68. The lowest BCUT2D eigenvalue weighted by Crippen LogP contribution is -2.60. The highest BCUT2D eigenvalue weighted by atomic mass is 16.5. The van der Waals surface area contributed by atoms with E-state index in [1.807, 2.05) is 20.8 Å². The third-order valence-electron chi connectivity index (χ3n) is 12.3. The van der Waals surface area contributed by atoms with Crippen LogP contribution < -0.4 is 0 Å². The molecule has 0 amide bonds. The summed E-state index contributed by atoms with van der Waals surface area (Å²) in [5, 5.41) is 10.7. The van der Waals surface area contributed by atoms with Gasteiger partial charge in [-0.1, -0.05) is 32.9 Å². The Kier molecular flexibility index (Phi) is 7.35. The lowest BCUT2D eigenvalue weighted by molar-refractivity contribution is -0.188. The quantitative estimate of drug-likeness (QED) is 0.290. The summed E-state index contributed by atoms with van der Waals surface area (Å²) in [7, 11) is 0. The summed E-state index contributed by atoms with van der Waals surface area (Å²) in [6.45, 7) is 22.8. The van der Waals surface area contributed by atoms with Gasteiger partial charge in [0.25, 0.3) is 0 Å². The van der Waals surface area contributed by atoms with Crippen LogP contribution in [0.3, 0.4) is 0 Å². The third-order valence-corrected chi connectivity index (χ3v) is 12.3. The molecule has 4 nitrogen and oxygen atoms in total. The Hall–Kier alpha value is -0.870. The predicted molar refractivity (Wildman–Crippen MR) is 145 cm³/mol. The lowest BCUT2D eigenvalue weighted by Gasteiger charge is -2.66. The highest BCUT2D eigenvalue weighted by molar-refractivity contribution is 5.69. The van der Waals surface area contributed by atoms with Crippen LogP contribution in [0, 0.1) is 39.9 Å². The number of esters is 1. The second-order valence-electron chi connectivity index (χ2n) is 14.6. The zero-order chi connectivity index (χ0) is 26.7. The molecule has 4 fully saturated rings. The van der Waals surface area contributed by atoms with Crippen LogP contribution >= 0.6 is 0 Å². The highest BCUT2D eigenvalue weighted by Crippen LogP contribution is 2.74. The van der Waals surface area contributed by atoms with Crippen molar-refractivity contribution in [2.75, 3.05) is 6.61 Å². The molecular formula is C32H54O4. The molecule has 36 heavy (non-hydrogen) atoms. The predicted octanol–water partition coefficient (Wildman–Crippen LogP) is 7.48. The first-order valence-electron chi connectivity index (χ1n) is 14.8. The van der Waals surface area contributed by atoms with Crippen molar-refractivity contribution >= 4 is 5.97 Å². The Labute approximate surface area is 221 Å². The minimum absolute atomic E-state index is 0.0556. The van der Waals surface area contributed by atoms with E-state index in [0.29, 0.717) is 36.7 Å². The molecule has 0 radical (unpaired) electrons. The van der Waals surface area contributed by atoms with E-state index in [2.05, 4.69) is 41.2 Å². The molecule has 1 aliphatic heterocycles. The molecule has 0 aromatic rings. The van der Waals surface area contributed by atoms with E-state index in [1.165, 1.54) is 44.1 Å². The molecule has 9 atom stereocenters. The van der Waals surface area contributed by atoms with E-state index in [4.69, 9.17) is 9.47 Å². The van der Waals surface area contributed by atoms with Crippen LogP contribution in [0.5, 0.6) is 0 Å². The van der Waals surface area contributed by atoms with Crippen molar-refractivity contribution in [1.82, 2.24) is 0 Å². The van der Waals surface area contributed by atoms with Gasteiger partial charge in [-0.05, 0) is 132 Å². The van der Waals surface area contributed by atoms with Gasteiger partial charge in [-0.3, -0.25) is 4.79 Å². The molecule has 4 heteroatoms. The fourth-order valence-electron chi connectivity index (χ4n) is 10.2. The van der Waals surface area contributed by atoms with Crippen molar-refractivity contribution in [2.24, 2.45) is 39.9 Å². The monoisotopic (exact) mass is 502 g/mol. The number of allylic oxidation sites excluding steroid dienone is 1. The van der Waals surface area contributed by atoms with Crippen LogP contribution in [0.4, 0.5) is 0 Å². The van der Waals surface area contributed by atoms with Crippen molar-refractivity contribution in [2.45, 2.75) is 137 Å². The average molecular weight is 503 g/mol. The van der Waals surface area contributed by atoms with Crippen molar-refractivity contribution < 1.29 is 19.4 Å². The summed E-state index contributed by atoms with van der Waals surface area (Å²) >= 11 is 0. The number of ether oxygens (including phenoxy) is 2. The number of rotatable bonds is 7. The summed E-state index contributed by atoms with van der Waals surface area (Å²) in [5.41, 5.74) is 0.931. The molecule has 0 aromatic heterocycles. The number of fused-ring (bicyclic) bond motifs is 3.